The van der Waals surface area contributed by atoms with E-state index in [9.17, 15) is 14.5 Å². The van der Waals surface area contributed by atoms with Gasteiger partial charge in [0.25, 0.3) is 5.69 Å². The third kappa shape index (κ3) is 1.76. The molecule has 1 rings (SSSR count). The fraction of sp³-hybridized carbons (Fsp3) is 0. The molecule has 0 aliphatic heterocycles. The molecule has 0 unspecified atom stereocenters. The summed E-state index contributed by atoms with van der Waals surface area (Å²) >= 11 is 3.75. The molecule has 1 aromatic rings. The van der Waals surface area contributed by atoms with Gasteiger partial charge in [0.05, 0.1) is 11.0 Å². The van der Waals surface area contributed by atoms with Crippen LogP contribution in [0.2, 0.25) is 0 Å². The van der Waals surface area contributed by atoms with Crippen LogP contribution in [0.4, 0.5) is 10.1 Å². The van der Waals surface area contributed by atoms with E-state index in [2.05, 4.69) is 12.6 Å². The Kier molecular flexibility index (Phi) is 2.49. The Bertz CT molecular complexity index is 414. The second-order valence-corrected chi connectivity index (χ2v) is 2.67. The molecular formula is C7H3FN2O2S. The lowest BCUT2D eigenvalue weighted by Gasteiger charge is -1.97. The second kappa shape index (κ2) is 3.41. The van der Waals surface area contributed by atoms with E-state index in [4.69, 9.17) is 5.26 Å². The molecule has 0 N–H and O–H groups in total. The third-order valence-corrected chi connectivity index (χ3v) is 1.72. The number of halogens is 1. The first-order valence-corrected chi connectivity index (χ1v) is 3.58. The van der Waals surface area contributed by atoms with Crippen LogP contribution in [0.1, 0.15) is 5.56 Å². The minimum Gasteiger partial charge on any atom is -0.258 e. The minimum atomic E-state index is -0.818. The van der Waals surface area contributed by atoms with E-state index in [1.807, 2.05) is 0 Å². The van der Waals surface area contributed by atoms with Crippen LogP contribution in [0.5, 0.6) is 0 Å². The number of nitriles is 1. The SMILES string of the molecule is N#Cc1c(S)cc(F)cc1[N+](=O)[O-]. The molecule has 0 aliphatic rings. The van der Waals surface area contributed by atoms with E-state index in [1.165, 1.54) is 0 Å². The highest BCUT2D eigenvalue weighted by Crippen LogP contribution is 2.25. The smallest absolute Gasteiger partial charge is 0.258 e. The molecule has 0 spiro atoms. The lowest BCUT2D eigenvalue weighted by molar-refractivity contribution is -0.385. The summed E-state index contributed by atoms with van der Waals surface area (Å²) in [6.45, 7) is 0. The molecule has 0 saturated heterocycles. The Balaban J connectivity index is 3.50. The van der Waals surface area contributed by atoms with Gasteiger partial charge in [-0.1, -0.05) is 0 Å². The Hall–Kier alpha value is -1.61. The van der Waals surface area contributed by atoms with Gasteiger partial charge >= 0.3 is 0 Å². The number of thiol groups is 1. The number of nitro groups is 1. The van der Waals surface area contributed by atoms with Gasteiger partial charge in [-0.15, -0.1) is 12.6 Å². The van der Waals surface area contributed by atoms with Gasteiger partial charge in [0.2, 0.25) is 0 Å². The summed E-state index contributed by atoms with van der Waals surface area (Å²) in [4.78, 5) is 9.49. The van der Waals surface area contributed by atoms with E-state index >= 15 is 0 Å². The maximum Gasteiger partial charge on any atom is 0.291 e. The number of hydrogen-bond acceptors (Lipinski definition) is 4. The molecule has 0 bridgehead atoms. The van der Waals surface area contributed by atoms with E-state index in [0.717, 1.165) is 6.07 Å². The summed E-state index contributed by atoms with van der Waals surface area (Å²) in [7, 11) is 0. The summed E-state index contributed by atoms with van der Waals surface area (Å²) < 4.78 is 12.6. The maximum atomic E-state index is 12.6. The topological polar surface area (TPSA) is 66.9 Å². The Labute approximate surface area is 78.2 Å². The van der Waals surface area contributed by atoms with Gasteiger partial charge < -0.3 is 0 Å². The fourth-order valence-corrected chi connectivity index (χ4v) is 1.12. The molecule has 0 radical (unpaired) electrons. The molecule has 0 heterocycles. The zero-order chi connectivity index (χ0) is 10.0. The summed E-state index contributed by atoms with van der Waals surface area (Å²) in [5, 5.41) is 18.9. The molecule has 0 saturated carbocycles. The highest BCUT2D eigenvalue weighted by atomic mass is 32.1. The number of hydrogen-bond donors (Lipinski definition) is 1. The van der Waals surface area contributed by atoms with Crippen LogP contribution >= 0.6 is 12.6 Å². The summed E-state index contributed by atoms with van der Waals surface area (Å²) in [5.74, 6) is -0.782. The van der Waals surface area contributed by atoms with Gasteiger partial charge in [0.15, 0.2) is 0 Å². The first-order valence-electron chi connectivity index (χ1n) is 3.13. The molecular weight excluding hydrogens is 195 g/mol. The normalized spacial score (nSPS) is 9.31. The predicted molar refractivity (Wildman–Crippen MR) is 45.0 cm³/mol. The van der Waals surface area contributed by atoms with Gasteiger partial charge in [-0.3, -0.25) is 10.1 Å². The zero-order valence-electron chi connectivity index (χ0n) is 6.19. The van der Waals surface area contributed by atoms with Gasteiger partial charge in [-0.05, 0) is 6.07 Å². The van der Waals surface area contributed by atoms with E-state index in [0.29, 0.717) is 6.07 Å². The molecule has 13 heavy (non-hydrogen) atoms. The van der Waals surface area contributed by atoms with Gasteiger partial charge in [0.1, 0.15) is 17.4 Å². The number of benzene rings is 1. The molecule has 66 valence electrons. The molecule has 0 amide bonds. The quantitative estimate of drug-likeness (QED) is 0.425. The molecule has 1 aromatic carbocycles. The average Bonchev–Trinajstić information content (AvgIpc) is 2.02. The minimum absolute atomic E-state index is 0.0331. The van der Waals surface area contributed by atoms with E-state index < -0.39 is 16.4 Å². The monoisotopic (exact) mass is 198 g/mol. The van der Waals surface area contributed by atoms with Crippen LogP contribution in [0, 0.1) is 27.3 Å². The van der Waals surface area contributed by atoms with Crippen LogP contribution in [-0.2, 0) is 0 Å². The van der Waals surface area contributed by atoms with Crippen molar-refractivity contribution in [2.45, 2.75) is 4.90 Å². The van der Waals surface area contributed by atoms with Gasteiger partial charge in [-0.25, -0.2) is 4.39 Å². The van der Waals surface area contributed by atoms with Crippen molar-refractivity contribution in [3.05, 3.63) is 33.6 Å². The van der Waals surface area contributed by atoms with Crippen molar-refractivity contribution < 1.29 is 9.31 Å². The average molecular weight is 198 g/mol. The van der Waals surface area contributed by atoms with Crippen molar-refractivity contribution in [2.24, 2.45) is 0 Å². The molecule has 0 atom stereocenters. The molecule has 6 heteroatoms. The lowest BCUT2D eigenvalue weighted by atomic mass is 10.2. The summed E-state index contributed by atoms with van der Waals surface area (Å²) in [6.07, 6.45) is 0. The summed E-state index contributed by atoms with van der Waals surface area (Å²) in [5.41, 5.74) is -0.790. The lowest BCUT2D eigenvalue weighted by Crippen LogP contribution is -1.94. The van der Waals surface area contributed by atoms with Crippen LogP contribution in [0.3, 0.4) is 0 Å². The first-order chi connectivity index (χ1) is 6.06. The molecule has 4 nitrogen and oxygen atoms in total. The fourth-order valence-electron chi connectivity index (χ4n) is 0.837. The van der Waals surface area contributed by atoms with E-state index in [1.54, 1.807) is 6.07 Å². The predicted octanol–water partition coefficient (Wildman–Crippen LogP) is 1.89. The Morgan fingerprint density at radius 3 is 2.69 bits per heavy atom. The second-order valence-electron chi connectivity index (χ2n) is 2.19. The van der Waals surface area contributed by atoms with Crippen molar-refractivity contribution in [3.8, 4) is 6.07 Å². The van der Waals surface area contributed by atoms with Gasteiger partial charge in [0, 0.05) is 4.90 Å². The highest BCUT2D eigenvalue weighted by molar-refractivity contribution is 7.80. The number of rotatable bonds is 1. The van der Waals surface area contributed by atoms with Crippen LogP contribution in [0.25, 0.3) is 0 Å². The molecule has 0 aromatic heterocycles. The number of nitro benzene ring substituents is 1. The molecule has 0 fully saturated rings. The van der Waals surface area contributed by atoms with Crippen molar-refractivity contribution in [2.75, 3.05) is 0 Å². The van der Waals surface area contributed by atoms with Crippen LogP contribution in [0.15, 0.2) is 17.0 Å². The summed E-state index contributed by atoms with van der Waals surface area (Å²) in [6, 6.07) is 3.23. The van der Waals surface area contributed by atoms with E-state index in [-0.39, 0.29) is 10.5 Å². The highest BCUT2D eigenvalue weighted by Gasteiger charge is 2.17. The van der Waals surface area contributed by atoms with Crippen molar-refractivity contribution in [3.63, 3.8) is 0 Å². The molecule has 0 aliphatic carbocycles. The standard InChI is InChI=1S/C7H3FN2O2S/c8-4-1-6(10(11)12)5(3-9)7(13)2-4/h1-2,13H. The third-order valence-electron chi connectivity index (χ3n) is 1.37. The number of nitrogens with zero attached hydrogens (tertiary/aromatic N) is 2. The van der Waals surface area contributed by atoms with Crippen molar-refractivity contribution >= 4 is 18.3 Å². The largest absolute Gasteiger partial charge is 0.291 e. The van der Waals surface area contributed by atoms with Crippen LogP contribution in [-0.4, -0.2) is 4.92 Å². The van der Waals surface area contributed by atoms with Crippen molar-refractivity contribution in [1.82, 2.24) is 0 Å². The first kappa shape index (κ1) is 9.48. The maximum absolute atomic E-state index is 12.6. The van der Waals surface area contributed by atoms with Crippen LogP contribution < -0.4 is 0 Å². The Morgan fingerprint density at radius 2 is 2.23 bits per heavy atom. The van der Waals surface area contributed by atoms with Gasteiger partial charge in [-0.2, -0.15) is 5.26 Å². The Morgan fingerprint density at radius 1 is 1.62 bits per heavy atom. The zero-order valence-corrected chi connectivity index (χ0v) is 7.09. The van der Waals surface area contributed by atoms with Crippen molar-refractivity contribution in [1.29, 1.82) is 5.26 Å².